The smallest absolute Gasteiger partial charge is 0.335 e. The van der Waals surface area contributed by atoms with Gasteiger partial charge in [0.25, 0.3) is 5.56 Å². The molecule has 1 aromatic carbocycles. The van der Waals surface area contributed by atoms with Gasteiger partial charge in [0.2, 0.25) is 0 Å². The molecule has 0 spiro atoms. The number of aromatic nitrogens is 1. The van der Waals surface area contributed by atoms with Crippen molar-refractivity contribution >= 4 is 27.4 Å². The quantitative estimate of drug-likeness (QED) is 0.743. The Balaban J connectivity index is 2.89. The van der Waals surface area contributed by atoms with Crippen LogP contribution in [0.3, 0.4) is 0 Å². The monoisotopic (exact) mass is 223 g/mol. The number of nitrogens with one attached hydrogen (secondary N) is 1. The van der Waals surface area contributed by atoms with Gasteiger partial charge in [0.05, 0.1) is 10.9 Å². The van der Waals surface area contributed by atoms with Crippen molar-refractivity contribution in [3.05, 3.63) is 43.8 Å². The molecule has 2 N–H and O–H groups in total. The van der Waals surface area contributed by atoms with Crippen LogP contribution in [0.4, 0.5) is 0 Å². The van der Waals surface area contributed by atoms with Gasteiger partial charge in [-0.2, -0.15) is 0 Å². The lowest BCUT2D eigenvalue weighted by Crippen LogP contribution is -2.16. The van der Waals surface area contributed by atoms with E-state index in [1.807, 2.05) is 0 Å². The fraction of sp³-hybridized carbons (Fsp3) is 0. The molecule has 0 aliphatic carbocycles. The van der Waals surface area contributed by atoms with E-state index in [1.165, 1.54) is 18.2 Å². The van der Waals surface area contributed by atoms with E-state index in [0.717, 1.165) is 11.3 Å². The molecule has 0 bridgehead atoms. The van der Waals surface area contributed by atoms with Crippen molar-refractivity contribution < 1.29 is 9.90 Å². The third-order valence-electron chi connectivity index (χ3n) is 1.89. The number of hydrogen-bond donors (Lipinski definition) is 2. The van der Waals surface area contributed by atoms with E-state index in [1.54, 1.807) is 0 Å². The topological polar surface area (TPSA) is 87.2 Å². The summed E-state index contributed by atoms with van der Waals surface area (Å²) in [4.78, 5) is 34.6. The number of carboxylic acids is 1. The largest absolute Gasteiger partial charge is 0.478 e. The molecule has 2 aromatic rings. The van der Waals surface area contributed by atoms with Crippen molar-refractivity contribution in [3.8, 4) is 0 Å². The summed E-state index contributed by atoms with van der Waals surface area (Å²) in [5.41, 5.74) is -0.532. The van der Waals surface area contributed by atoms with Crippen LogP contribution in [0, 0.1) is 0 Å². The molecule has 2 rings (SSSR count). The molecule has 0 aliphatic rings. The summed E-state index contributed by atoms with van der Waals surface area (Å²) in [6, 6.07) is 4.08. The van der Waals surface area contributed by atoms with E-state index in [-0.39, 0.29) is 10.9 Å². The van der Waals surface area contributed by atoms with Crippen molar-refractivity contribution in [1.29, 1.82) is 0 Å². The third kappa shape index (κ3) is 1.66. The molecule has 0 fully saturated rings. The van der Waals surface area contributed by atoms with Gasteiger partial charge in [-0.25, -0.2) is 4.79 Å². The van der Waals surface area contributed by atoms with Crippen LogP contribution in [0.2, 0.25) is 0 Å². The normalized spacial score (nSPS) is 10.4. The van der Waals surface area contributed by atoms with E-state index < -0.39 is 16.4 Å². The Hall–Kier alpha value is -1.95. The maximum absolute atomic E-state index is 11.3. The molecule has 0 aliphatic heterocycles. The molecule has 6 heteroatoms. The van der Waals surface area contributed by atoms with Crippen molar-refractivity contribution in [2.45, 2.75) is 0 Å². The van der Waals surface area contributed by atoms with Crippen LogP contribution in [0.5, 0.6) is 0 Å². The minimum atomic E-state index is -1.10. The molecule has 15 heavy (non-hydrogen) atoms. The molecule has 0 atom stereocenters. The lowest BCUT2D eigenvalue weighted by atomic mass is 10.2. The van der Waals surface area contributed by atoms with Gasteiger partial charge < -0.3 is 5.11 Å². The van der Waals surface area contributed by atoms with Gasteiger partial charge in [0, 0.05) is 4.70 Å². The number of hydrogen-bond acceptors (Lipinski definition) is 4. The van der Waals surface area contributed by atoms with Gasteiger partial charge in [-0.05, 0) is 18.2 Å². The zero-order chi connectivity index (χ0) is 11.0. The molecule has 1 heterocycles. The third-order valence-corrected chi connectivity index (χ3v) is 2.75. The van der Waals surface area contributed by atoms with E-state index in [0.29, 0.717) is 4.70 Å². The minimum absolute atomic E-state index is 0.0267. The number of aromatic carboxylic acids is 1. The predicted octanol–water partition coefficient (Wildman–Crippen LogP) is 0.648. The second-order valence-electron chi connectivity index (χ2n) is 2.86. The van der Waals surface area contributed by atoms with Gasteiger partial charge in [-0.1, -0.05) is 11.3 Å². The summed E-state index contributed by atoms with van der Waals surface area (Å²) in [6.07, 6.45) is 0. The SMILES string of the molecule is O=C(O)c1ccc2sc(=O)[nH]c(=O)c2c1. The highest BCUT2D eigenvalue weighted by Crippen LogP contribution is 2.13. The summed E-state index contributed by atoms with van der Waals surface area (Å²) in [5, 5.41) is 8.94. The molecule has 76 valence electrons. The average Bonchev–Trinajstić information content (AvgIpc) is 2.16. The molecular weight excluding hydrogens is 218 g/mol. The molecule has 0 saturated carbocycles. The Morgan fingerprint density at radius 1 is 1.33 bits per heavy atom. The zero-order valence-electron chi connectivity index (χ0n) is 7.31. The highest BCUT2D eigenvalue weighted by atomic mass is 32.1. The summed E-state index contributed by atoms with van der Waals surface area (Å²) in [6.45, 7) is 0. The first-order valence-electron chi connectivity index (χ1n) is 3.98. The molecule has 0 amide bonds. The maximum atomic E-state index is 11.3. The number of rotatable bonds is 1. The average molecular weight is 223 g/mol. The second kappa shape index (κ2) is 3.32. The first kappa shape index (κ1) is 9.60. The van der Waals surface area contributed by atoms with Crippen LogP contribution in [0.15, 0.2) is 27.8 Å². The van der Waals surface area contributed by atoms with Gasteiger partial charge in [0.15, 0.2) is 0 Å². The summed E-state index contributed by atoms with van der Waals surface area (Å²) < 4.78 is 0.480. The minimum Gasteiger partial charge on any atom is -0.478 e. The van der Waals surface area contributed by atoms with E-state index in [2.05, 4.69) is 4.98 Å². The van der Waals surface area contributed by atoms with Crippen molar-refractivity contribution in [3.63, 3.8) is 0 Å². The van der Waals surface area contributed by atoms with Crippen LogP contribution in [-0.2, 0) is 0 Å². The Morgan fingerprint density at radius 3 is 2.73 bits per heavy atom. The van der Waals surface area contributed by atoms with E-state index >= 15 is 0 Å². The van der Waals surface area contributed by atoms with Crippen molar-refractivity contribution in [2.75, 3.05) is 0 Å². The highest BCUT2D eigenvalue weighted by molar-refractivity contribution is 7.15. The van der Waals surface area contributed by atoms with Crippen LogP contribution >= 0.6 is 11.3 Å². The lowest BCUT2D eigenvalue weighted by molar-refractivity contribution is 0.0697. The molecule has 0 radical (unpaired) electrons. The number of aromatic amines is 1. The molecule has 0 saturated heterocycles. The second-order valence-corrected chi connectivity index (χ2v) is 3.87. The predicted molar refractivity (Wildman–Crippen MR) is 55.7 cm³/mol. The first-order chi connectivity index (χ1) is 7.08. The fourth-order valence-corrected chi connectivity index (χ4v) is 1.96. The van der Waals surface area contributed by atoms with Gasteiger partial charge >= 0.3 is 10.8 Å². The van der Waals surface area contributed by atoms with Crippen LogP contribution in [0.1, 0.15) is 10.4 Å². The number of H-pyrrole nitrogens is 1. The van der Waals surface area contributed by atoms with E-state index in [4.69, 9.17) is 5.11 Å². The summed E-state index contributed by atoms with van der Waals surface area (Å²) >= 11 is 0.872. The van der Waals surface area contributed by atoms with E-state index in [9.17, 15) is 14.4 Å². The van der Waals surface area contributed by atoms with Crippen LogP contribution in [-0.4, -0.2) is 16.1 Å². The number of carboxylic acid groups (broad SMARTS) is 1. The summed E-state index contributed by atoms with van der Waals surface area (Å²) in [5.74, 6) is -1.10. The molecule has 0 unspecified atom stereocenters. The van der Waals surface area contributed by atoms with Gasteiger partial charge in [-0.3, -0.25) is 14.6 Å². The number of carbonyl (C=O) groups is 1. The highest BCUT2D eigenvalue weighted by Gasteiger charge is 2.06. The Kier molecular flexibility index (Phi) is 2.12. The van der Waals surface area contributed by atoms with Crippen molar-refractivity contribution in [1.82, 2.24) is 4.98 Å². The van der Waals surface area contributed by atoms with Gasteiger partial charge in [0.1, 0.15) is 0 Å². The fourth-order valence-electron chi connectivity index (χ4n) is 1.21. The number of fused-ring (bicyclic) bond motifs is 1. The maximum Gasteiger partial charge on any atom is 0.335 e. The number of benzene rings is 1. The Bertz CT molecular complexity index is 655. The first-order valence-corrected chi connectivity index (χ1v) is 4.80. The standard InChI is InChI=1S/C9H5NO4S/c11-7-5-3-4(8(12)13)1-2-6(5)15-9(14)10-7/h1-3H,(H,12,13)(H,10,11,14). The summed E-state index contributed by atoms with van der Waals surface area (Å²) in [7, 11) is 0. The van der Waals surface area contributed by atoms with Crippen molar-refractivity contribution in [2.24, 2.45) is 0 Å². The lowest BCUT2D eigenvalue weighted by Gasteiger charge is -1.96. The Labute approximate surface area is 86.6 Å². The zero-order valence-corrected chi connectivity index (χ0v) is 8.13. The van der Waals surface area contributed by atoms with Crippen LogP contribution in [0.25, 0.3) is 10.1 Å². The Morgan fingerprint density at radius 2 is 2.07 bits per heavy atom. The van der Waals surface area contributed by atoms with Gasteiger partial charge in [-0.15, -0.1) is 0 Å². The molecule has 1 aromatic heterocycles. The molecule has 5 nitrogen and oxygen atoms in total. The molecular formula is C9H5NO4S. The van der Waals surface area contributed by atoms with Crippen LogP contribution < -0.4 is 10.4 Å².